The molecule has 1 rings (SSSR count). The molecule has 3 N–H and O–H groups in total. The van der Waals surface area contributed by atoms with Gasteiger partial charge in [-0.05, 0) is 26.0 Å². The van der Waals surface area contributed by atoms with Gasteiger partial charge in [0, 0.05) is 11.8 Å². The van der Waals surface area contributed by atoms with E-state index in [0.29, 0.717) is 12.1 Å². The molecule has 0 aliphatic carbocycles. The van der Waals surface area contributed by atoms with E-state index in [1.54, 1.807) is 6.92 Å². The standard InChI is InChI=1S/C11H16FN3O/c1-3-4-15-11(2,10(13)16)8-5-9(12)7-14-6-8/h5-7,15H,3-4H2,1-2H3,(H2,13,16). The van der Waals surface area contributed by atoms with E-state index >= 15 is 0 Å². The van der Waals surface area contributed by atoms with Crippen LogP contribution in [0.15, 0.2) is 18.5 Å². The lowest BCUT2D eigenvalue weighted by molar-refractivity contribution is -0.124. The number of nitrogens with one attached hydrogen (secondary N) is 1. The summed E-state index contributed by atoms with van der Waals surface area (Å²) in [6, 6.07) is 1.26. The Bertz CT molecular complexity index is 383. The third kappa shape index (κ3) is 2.55. The molecular weight excluding hydrogens is 209 g/mol. The molecule has 0 aliphatic rings. The summed E-state index contributed by atoms with van der Waals surface area (Å²) in [6.45, 7) is 4.22. The van der Waals surface area contributed by atoms with E-state index in [2.05, 4.69) is 10.3 Å². The van der Waals surface area contributed by atoms with E-state index in [1.165, 1.54) is 12.3 Å². The van der Waals surface area contributed by atoms with Gasteiger partial charge in [-0.2, -0.15) is 0 Å². The van der Waals surface area contributed by atoms with Crippen LogP contribution in [0.25, 0.3) is 0 Å². The van der Waals surface area contributed by atoms with Crippen LogP contribution in [0.4, 0.5) is 4.39 Å². The van der Waals surface area contributed by atoms with Gasteiger partial charge >= 0.3 is 0 Å². The molecular formula is C11H16FN3O. The molecule has 4 nitrogen and oxygen atoms in total. The largest absolute Gasteiger partial charge is 0.368 e. The summed E-state index contributed by atoms with van der Waals surface area (Å²) in [6.07, 6.45) is 3.38. The zero-order valence-electron chi connectivity index (χ0n) is 9.46. The molecule has 0 spiro atoms. The van der Waals surface area contributed by atoms with Crippen molar-refractivity contribution >= 4 is 5.91 Å². The molecule has 5 heteroatoms. The van der Waals surface area contributed by atoms with Crippen molar-refractivity contribution in [3.8, 4) is 0 Å². The van der Waals surface area contributed by atoms with Crippen molar-refractivity contribution in [3.05, 3.63) is 29.8 Å². The highest BCUT2D eigenvalue weighted by Crippen LogP contribution is 2.20. The molecule has 0 aromatic carbocycles. The van der Waals surface area contributed by atoms with Crippen LogP contribution in [-0.2, 0) is 10.3 Å². The van der Waals surface area contributed by atoms with Gasteiger partial charge in [-0.3, -0.25) is 15.1 Å². The SMILES string of the molecule is CCCNC(C)(C(N)=O)c1cncc(F)c1. The van der Waals surface area contributed by atoms with Crippen molar-refractivity contribution in [2.45, 2.75) is 25.8 Å². The fourth-order valence-electron chi connectivity index (χ4n) is 1.39. The summed E-state index contributed by atoms with van der Waals surface area (Å²) < 4.78 is 13.0. The Hall–Kier alpha value is -1.49. The Balaban J connectivity index is 3.06. The summed E-state index contributed by atoms with van der Waals surface area (Å²) in [5.74, 6) is -1.03. The van der Waals surface area contributed by atoms with Gasteiger partial charge in [0.1, 0.15) is 11.4 Å². The first-order valence-electron chi connectivity index (χ1n) is 5.16. The van der Waals surface area contributed by atoms with Crippen molar-refractivity contribution in [1.82, 2.24) is 10.3 Å². The van der Waals surface area contributed by atoms with Gasteiger partial charge in [0.15, 0.2) is 0 Å². The van der Waals surface area contributed by atoms with Crippen LogP contribution in [0.1, 0.15) is 25.8 Å². The van der Waals surface area contributed by atoms with Gasteiger partial charge in [0.2, 0.25) is 5.91 Å². The molecule has 88 valence electrons. The van der Waals surface area contributed by atoms with Crippen molar-refractivity contribution in [1.29, 1.82) is 0 Å². The lowest BCUT2D eigenvalue weighted by Gasteiger charge is -2.27. The highest BCUT2D eigenvalue weighted by Gasteiger charge is 2.32. The maximum absolute atomic E-state index is 13.0. The van der Waals surface area contributed by atoms with Crippen LogP contribution < -0.4 is 11.1 Å². The Kier molecular flexibility index (Phi) is 3.95. The summed E-state index contributed by atoms with van der Waals surface area (Å²) in [7, 11) is 0. The van der Waals surface area contributed by atoms with Gasteiger partial charge < -0.3 is 5.73 Å². The number of aromatic nitrogens is 1. The molecule has 1 unspecified atom stereocenters. The number of nitrogens with two attached hydrogens (primary N) is 1. The summed E-state index contributed by atoms with van der Waals surface area (Å²) in [4.78, 5) is 15.2. The van der Waals surface area contributed by atoms with Crippen LogP contribution in [0.5, 0.6) is 0 Å². The number of hydrogen-bond acceptors (Lipinski definition) is 3. The van der Waals surface area contributed by atoms with E-state index in [1.807, 2.05) is 6.92 Å². The van der Waals surface area contributed by atoms with Crippen LogP contribution in [-0.4, -0.2) is 17.4 Å². The third-order valence-electron chi connectivity index (χ3n) is 2.50. The van der Waals surface area contributed by atoms with Crippen LogP contribution in [0, 0.1) is 5.82 Å². The zero-order valence-corrected chi connectivity index (χ0v) is 9.46. The number of hydrogen-bond donors (Lipinski definition) is 2. The minimum atomic E-state index is -1.08. The monoisotopic (exact) mass is 225 g/mol. The van der Waals surface area contributed by atoms with Crippen LogP contribution in [0.3, 0.4) is 0 Å². The van der Waals surface area contributed by atoms with E-state index < -0.39 is 17.3 Å². The Morgan fingerprint density at radius 3 is 2.81 bits per heavy atom. The van der Waals surface area contributed by atoms with Gasteiger partial charge in [0.05, 0.1) is 6.20 Å². The molecule has 16 heavy (non-hydrogen) atoms. The smallest absolute Gasteiger partial charge is 0.242 e. The number of rotatable bonds is 5. The number of primary amides is 1. The Morgan fingerprint density at radius 2 is 2.31 bits per heavy atom. The first-order chi connectivity index (χ1) is 7.50. The molecule has 1 aromatic heterocycles. The van der Waals surface area contributed by atoms with E-state index in [-0.39, 0.29) is 0 Å². The molecule has 0 radical (unpaired) electrons. The number of amides is 1. The van der Waals surface area contributed by atoms with Crippen LogP contribution >= 0.6 is 0 Å². The molecule has 1 atom stereocenters. The van der Waals surface area contributed by atoms with Crippen molar-refractivity contribution in [2.75, 3.05) is 6.54 Å². The number of carbonyl (C=O) groups excluding carboxylic acids is 1. The van der Waals surface area contributed by atoms with E-state index in [4.69, 9.17) is 5.73 Å². The second-order valence-corrected chi connectivity index (χ2v) is 3.81. The molecule has 1 amide bonds. The third-order valence-corrected chi connectivity index (χ3v) is 2.50. The maximum Gasteiger partial charge on any atom is 0.242 e. The summed E-state index contributed by atoms with van der Waals surface area (Å²) in [5, 5.41) is 3.01. The van der Waals surface area contributed by atoms with Gasteiger partial charge in [-0.15, -0.1) is 0 Å². The minimum absolute atomic E-state index is 0.438. The molecule has 1 heterocycles. The fraction of sp³-hybridized carbons (Fsp3) is 0.455. The second kappa shape index (κ2) is 5.03. The van der Waals surface area contributed by atoms with Crippen molar-refractivity contribution in [3.63, 3.8) is 0 Å². The zero-order chi connectivity index (χ0) is 12.2. The minimum Gasteiger partial charge on any atom is -0.368 e. The fourth-order valence-corrected chi connectivity index (χ4v) is 1.39. The van der Waals surface area contributed by atoms with E-state index in [9.17, 15) is 9.18 Å². The summed E-state index contributed by atoms with van der Waals surface area (Å²) >= 11 is 0. The van der Waals surface area contributed by atoms with Gasteiger partial charge in [0.25, 0.3) is 0 Å². The normalized spacial score (nSPS) is 14.4. The molecule has 0 fully saturated rings. The van der Waals surface area contributed by atoms with Crippen LogP contribution in [0.2, 0.25) is 0 Å². The highest BCUT2D eigenvalue weighted by molar-refractivity contribution is 5.85. The first kappa shape index (κ1) is 12.6. The quantitative estimate of drug-likeness (QED) is 0.783. The molecule has 0 saturated carbocycles. The number of carbonyl (C=O) groups is 1. The molecule has 1 aromatic rings. The maximum atomic E-state index is 13.0. The first-order valence-corrected chi connectivity index (χ1v) is 5.16. The number of pyridine rings is 1. The average Bonchev–Trinajstić information content (AvgIpc) is 2.25. The second-order valence-electron chi connectivity index (χ2n) is 3.81. The average molecular weight is 225 g/mol. The Morgan fingerprint density at radius 1 is 1.62 bits per heavy atom. The molecule has 0 aliphatic heterocycles. The van der Waals surface area contributed by atoms with Crippen molar-refractivity contribution in [2.24, 2.45) is 5.73 Å². The van der Waals surface area contributed by atoms with Crippen molar-refractivity contribution < 1.29 is 9.18 Å². The lowest BCUT2D eigenvalue weighted by Crippen LogP contribution is -2.50. The molecule has 0 saturated heterocycles. The van der Waals surface area contributed by atoms with E-state index in [0.717, 1.165) is 12.6 Å². The predicted molar refractivity (Wildman–Crippen MR) is 59.0 cm³/mol. The van der Waals surface area contributed by atoms with Gasteiger partial charge in [-0.25, -0.2) is 4.39 Å². The summed E-state index contributed by atoms with van der Waals surface area (Å²) in [5.41, 5.74) is 4.70. The van der Waals surface area contributed by atoms with Gasteiger partial charge in [-0.1, -0.05) is 6.92 Å². The molecule has 0 bridgehead atoms. The lowest BCUT2D eigenvalue weighted by atomic mass is 9.92. The number of halogens is 1. The Labute approximate surface area is 94.1 Å². The highest BCUT2D eigenvalue weighted by atomic mass is 19.1. The predicted octanol–water partition coefficient (Wildman–Crippen LogP) is 0.921. The number of nitrogens with zero attached hydrogens (tertiary/aromatic N) is 1. The topological polar surface area (TPSA) is 68.0 Å².